The number of methoxy groups -OCH3 is 1. The molecule has 0 amide bonds. The van der Waals surface area contributed by atoms with Crippen molar-refractivity contribution in [3.8, 4) is 5.75 Å². The molecule has 2 rings (SSSR count). The molecule has 0 bridgehead atoms. The molecule has 1 aromatic carbocycles. The average Bonchev–Trinajstić information content (AvgIpc) is 2.42. The molecule has 19 heavy (non-hydrogen) atoms. The maximum atomic E-state index is 14.0. The summed E-state index contributed by atoms with van der Waals surface area (Å²) in [5.41, 5.74) is 1.98. The Morgan fingerprint density at radius 3 is 2.74 bits per heavy atom. The van der Waals surface area contributed by atoms with E-state index in [4.69, 9.17) is 4.74 Å². The van der Waals surface area contributed by atoms with Gasteiger partial charge in [-0.2, -0.15) is 0 Å². The summed E-state index contributed by atoms with van der Waals surface area (Å²) in [6, 6.07) is 8.52. The van der Waals surface area contributed by atoms with Gasteiger partial charge in [-0.25, -0.2) is 4.39 Å². The number of benzene rings is 1. The van der Waals surface area contributed by atoms with Gasteiger partial charge in [0.2, 0.25) is 0 Å². The number of halogens is 1. The molecule has 2 aromatic rings. The first-order chi connectivity index (χ1) is 9.11. The summed E-state index contributed by atoms with van der Waals surface area (Å²) < 4.78 is 18.9. The van der Waals surface area contributed by atoms with Crippen molar-refractivity contribution in [3.05, 3.63) is 59.2 Å². The highest BCUT2D eigenvalue weighted by molar-refractivity contribution is 5.32. The van der Waals surface area contributed by atoms with E-state index in [9.17, 15) is 9.50 Å². The number of pyridine rings is 1. The largest absolute Gasteiger partial charge is 0.494 e. The van der Waals surface area contributed by atoms with Gasteiger partial charge >= 0.3 is 0 Å². The van der Waals surface area contributed by atoms with Crippen LogP contribution < -0.4 is 4.74 Å². The lowest BCUT2D eigenvalue weighted by atomic mass is 10.0. The molecule has 1 atom stereocenters. The van der Waals surface area contributed by atoms with Crippen molar-refractivity contribution in [2.24, 2.45) is 0 Å². The van der Waals surface area contributed by atoms with Crippen LogP contribution >= 0.6 is 0 Å². The Bertz CT molecular complexity index is 555. The molecule has 0 saturated heterocycles. The van der Waals surface area contributed by atoms with Crippen molar-refractivity contribution in [2.45, 2.75) is 19.4 Å². The second-order valence-electron chi connectivity index (χ2n) is 4.39. The van der Waals surface area contributed by atoms with E-state index in [2.05, 4.69) is 4.98 Å². The molecule has 100 valence electrons. The van der Waals surface area contributed by atoms with Gasteiger partial charge < -0.3 is 9.84 Å². The van der Waals surface area contributed by atoms with Gasteiger partial charge in [0, 0.05) is 18.3 Å². The highest BCUT2D eigenvalue weighted by Gasteiger charge is 2.14. The average molecular weight is 261 g/mol. The summed E-state index contributed by atoms with van der Waals surface area (Å²) in [6.45, 7) is 1.87. The van der Waals surface area contributed by atoms with Crippen molar-refractivity contribution in [1.29, 1.82) is 0 Å². The Morgan fingerprint density at radius 2 is 2.11 bits per heavy atom. The van der Waals surface area contributed by atoms with E-state index in [0.29, 0.717) is 11.1 Å². The van der Waals surface area contributed by atoms with Crippen LogP contribution in [0.4, 0.5) is 4.39 Å². The molecule has 4 heteroatoms. The molecule has 1 aromatic heterocycles. The van der Waals surface area contributed by atoms with Crippen LogP contribution in [0.15, 0.2) is 36.5 Å². The fraction of sp³-hybridized carbons (Fsp3) is 0.267. The minimum absolute atomic E-state index is 0.187. The van der Waals surface area contributed by atoms with Gasteiger partial charge in [-0.15, -0.1) is 0 Å². The normalized spacial score (nSPS) is 12.2. The second-order valence-corrected chi connectivity index (χ2v) is 4.39. The van der Waals surface area contributed by atoms with Crippen LogP contribution in [0.5, 0.6) is 5.75 Å². The second kappa shape index (κ2) is 5.80. The van der Waals surface area contributed by atoms with Crippen LogP contribution in [-0.2, 0) is 6.42 Å². The summed E-state index contributed by atoms with van der Waals surface area (Å²) in [5.74, 6) is -0.240. The van der Waals surface area contributed by atoms with E-state index < -0.39 is 11.9 Å². The number of aromatic nitrogens is 1. The highest BCUT2D eigenvalue weighted by Crippen LogP contribution is 2.24. The maximum Gasteiger partial charge on any atom is 0.168 e. The van der Waals surface area contributed by atoms with E-state index in [1.807, 2.05) is 13.0 Å². The quantitative estimate of drug-likeness (QED) is 0.920. The van der Waals surface area contributed by atoms with E-state index in [0.717, 1.165) is 5.69 Å². The Kier molecular flexibility index (Phi) is 4.12. The SMILES string of the molecule is COc1cccc(CC(O)c2ccc(C)nc2)c1F. The van der Waals surface area contributed by atoms with Crippen LogP contribution in [0.2, 0.25) is 0 Å². The van der Waals surface area contributed by atoms with Gasteiger partial charge in [0.25, 0.3) is 0 Å². The first-order valence-corrected chi connectivity index (χ1v) is 6.04. The first-order valence-electron chi connectivity index (χ1n) is 6.04. The molecule has 0 aliphatic heterocycles. The van der Waals surface area contributed by atoms with Gasteiger partial charge in [0.15, 0.2) is 11.6 Å². The van der Waals surface area contributed by atoms with E-state index >= 15 is 0 Å². The zero-order chi connectivity index (χ0) is 13.8. The van der Waals surface area contributed by atoms with Gasteiger partial charge in [-0.05, 0) is 30.2 Å². The van der Waals surface area contributed by atoms with Crippen LogP contribution in [0.25, 0.3) is 0 Å². The third-order valence-electron chi connectivity index (χ3n) is 3.00. The third kappa shape index (κ3) is 3.09. The summed E-state index contributed by atoms with van der Waals surface area (Å²) in [7, 11) is 1.42. The molecular formula is C15H16FNO2. The van der Waals surface area contributed by atoms with Crippen molar-refractivity contribution in [1.82, 2.24) is 4.98 Å². The van der Waals surface area contributed by atoms with Crippen molar-refractivity contribution >= 4 is 0 Å². The van der Waals surface area contributed by atoms with Crippen molar-refractivity contribution in [3.63, 3.8) is 0 Å². The molecule has 1 N–H and O–H groups in total. The molecule has 0 fully saturated rings. The van der Waals surface area contributed by atoms with Crippen molar-refractivity contribution < 1.29 is 14.2 Å². The van der Waals surface area contributed by atoms with Gasteiger partial charge in [-0.1, -0.05) is 18.2 Å². The monoisotopic (exact) mass is 261 g/mol. The number of aryl methyl sites for hydroxylation is 1. The topological polar surface area (TPSA) is 42.4 Å². The Labute approximate surface area is 111 Å². The maximum absolute atomic E-state index is 14.0. The number of aliphatic hydroxyl groups excluding tert-OH is 1. The lowest BCUT2D eigenvalue weighted by molar-refractivity contribution is 0.176. The zero-order valence-corrected chi connectivity index (χ0v) is 10.9. The standard InChI is InChI=1S/C15H16FNO2/c1-10-6-7-12(9-17-10)13(18)8-11-4-3-5-14(19-2)15(11)16/h3-7,9,13,18H,8H2,1-2H3. The molecule has 0 saturated carbocycles. The molecule has 1 unspecified atom stereocenters. The molecule has 3 nitrogen and oxygen atoms in total. The molecule has 0 aliphatic carbocycles. The summed E-state index contributed by atoms with van der Waals surface area (Å²) >= 11 is 0. The zero-order valence-electron chi connectivity index (χ0n) is 10.9. The molecule has 0 radical (unpaired) electrons. The van der Waals surface area contributed by atoms with Crippen molar-refractivity contribution in [2.75, 3.05) is 7.11 Å². The number of rotatable bonds is 4. The predicted molar refractivity (Wildman–Crippen MR) is 70.6 cm³/mol. The first kappa shape index (κ1) is 13.5. The predicted octanol–water partition coefficient (Wildman–Crippen LogP) is 2.81. The number of hydrogen-bond donors (Lipinski definition) is 1. The van der Waals surface area contributed by atoms with Gasteiger partial charge in [0.05, 0.1) is 13.2 Å². The lowest BCUT2D eigenvalue weighted by Crippen LogP contribution is -2.05. The van der Waals surface area contributed by atoms with E-state index in [-0.39, 0.29) is 12.2 Å². The fourth-order valence-electron chi connectivity index (χ4n) is 1.87. The molecular weight excluding hydrogens is 245 g/mol. The van der Waals surface area contributed by atoms with Crippen LogP contribution in [-0.4, -0.2) is 17.2 Å². The summed E-state index contributed by atoms with van der Waals surface area (Å²) in [6.07, 6.45) is 1.01. The van der Waals surface area contributed by atoms with E-state index in [1.165, 1.54) is 7.11 Å². The summed E-state index contributed by atoms with van der Waals surface area (Å²) in [4.78, 5) is 4.12. The minimum atomic E-state index is -0.783. The smallest absolute Gasteiger partial charge is 0.168 e. The minimum Gasteiger partial charge on any atom is -0.494 e. The lowest BCUT2D eigenvalue weighted by Gasteiger charge is -2.13. The Morgan fingerprint density at radius 1 is 1.32 bits per heavy atom. The van der Waals surface area contributed by atoms with Gasteiger partial charge in [0.1, 0.15) is 0 Å². The number of ether oxygens (including phenoxy) is 1. The van der Waals surface area contributed by atoms with Crippen LogP contribution in [0.1, 0.15) is 22.9 Å². The van der Waals surface area contributed by atoms with Crippen LogP contribution in [0.3, 0.4) is 0 Å². The number of aliphatic hydroxyl groups is 1. The Hall–Kier alpha value is -1.94. The highest BCUT2D eigenvalue weighted by atomic mass is 19.1. The third-order valence-corrected chi connectivity index (χ3v) is 3.00. The number of hydrogen-bond acceptors (Lipinski definition) is 3. The molecule has 0 aliphatic rings. The van der Waals surface area contributed by atoms with Gasteiger partial charge in [-0.3, -0.25) is 4.98 Å². The summed E-state index contributed by atoms with van der Waals surface area (Å²) in [5, 5.41) is 10.1. The van der Waals surface area contributed by atoms with E-state index in [1.54, 1.807) is 30.5 Å². The number of nitrogens with zero attached hydrogens (tertiary/aromatic N) is 1. The van der Waals surface area contributed by atoms with Crippen LogP contribution in [0, 0.1) is 12.7 Å². The fourth-order valence-corrected chi connectivity index (χ4v) is 1.87. The molecule has 0 spiro atoms. The molecule has 1 heterocycles. The Balaban J connectivity index is 2.19.